The predicted octanol–water partition coefficient (Wildman–Crippen LogP) is 3.09. The molecule has 2 nitrogen and oxygen atoms in total. The Labute approximate surface area is 89.7 Å². The summed E-state index contributed by atoms with van der Waals surface area (Å²) in [6, 6.07) is 5.13. The van der Waals surface area contributed by atoms with E-state index in [1.54, 1.807) is 12.1 Å². The van der Waals surface area contributed by atoms with Gasteiger partial charge in [-0.05, 0) is 12.0 Å². The molecule has 1 aromatic carbocycles. The van der Waals surface area contributed by atoms with Gasteiger partial charge in [-0.3, -0.25) is 0 Å². The first-order chi connectivity index (χ1) is 6.57. The van der Waals surface area contributed by atoms with Crippen LogP contribution < -0.4 is 5.73 Å². The lowest BCUT2D eigenvalue weighted by molar-refractivity contribution is 0.419. The average Bonchev–Trinajstić information content (AvgIpc) is 2.20. The molecule has 0 aromatic heterocycles. The molecule has 0 saturated carbocycles. The average molecular weight is 214 g/mol. The minimum Gasteiger partial charge on any atom is -0.506 e. The van der Waals surface area contributed by atoms with Crippen LogP contribution in [-0.4, -0.2) is 5.11 Å². The van der Waals surface area contributed by atoms with Gasteiger partial charge in [0.2, 0.25) is 0 Å². The molecule has 2 atom stereocenters. The molecular weight excluding hydrogens is 198 g/mol. The molecule has 0 aliphatic rings. The Morgan fingerprint density at radius 1 is 1.50 bits per heavy atom. The van der Waals surface area contributed by atoms with Crippen LogP contribution in [0.5, 0.6) is 5.75 Å². The number of hydrogen-bond acceptors (Lipinski definition) is 2. The summed E-state index contributed by atoms with van der Waals surface area (Å²) in [7, 11) is 0. The number of phenols is 1. The highest BCUT2D eigenvalue weighted by Crippen LogP contribution is 2.33. The Balaban J connectivity index is 3.01. The van der Waals surface area contributed by atoms with Crippen LogP contribution in [0.2, 0.25) is 5.02 Å². The normalized spacial score (nSPS) is 15.1. The second-order valence-electron chi connectivity index (χ2n) is 3.59. The van der Waals surface area contributed by atoms with Gasteiger partial charge in [0.1, 0.15) is 5.75 Å². The third-order valence-electron chi connectivity index (χ3n) is 2.63. The second kappa shape index (κ2) is 4.67. The quantitative estimate of drug-likeness (QED) is 0.811. The Bertz CT molecular complexity index is 314. The first kappa shape index (κ1) is 11.3. The van der Waals surface area contributed by atoms with Gasteiger partial charge in [-0.15, -0.1) is 0 Å². The van der Waals surface area contributed by atoms with Crippen molar-refractivity contribution in [2.45, 2.75) is 26.3 Å². The van der Waals surface area contributed by atoms with Gasteiger partial charge in [0.25, 0.3) is 0 Å². The molecule has 78 valence electrons. The van der Waals surface area contributed by atoms with E-state index in [0.29, 0.717) is 10.9 Å². The van der Waals surface area contributed by atoms with Crippen molar-refractivity contribution >= 4 is 11.6 Å². The lowest BCUT2D eigenvalue weighted by Gasteiger charge is -2.19. The first-order valence-electron chi connectivity index (χ1n) is 4.80. The van der Waals surface area contributed by atoms with Crippen LogP contribution >= 0.6 is 11.6 Å². The lowest BCUT2D eigenvalue weighted by Crippen LogP contribution is -2.18. The smallest absolute Gasteiger partial charge is 0.138 e. The first-order valence-corrected chi connectivity index (χ1v) is 5.18. The molecule has 0 amide bonds. The van der Waals surface area contributed by atoms with E-state index in [-0.39, 0.29) is 11.8 Å². The fourth-order valence-electron chi connectivity index (χ4n) is 1.36. The van der Waals surface area contributed by atoms with E-state index in [0.717, 1.165) is 12.0 Å². The van der Waals surface area contributed by atoms with Gasteiger partial charge in [-0.2, -0.15) is 0 Å². The Hall–Kier alpha value is -0.730. The van der Waals surface area contributed by atoms with Crippen molar-refractivity contribution in [3.05, 3.63) is 28.8 Å². The van der Waals surface area contributed by atoms with Crippen molar-refractivity contribution in [1.82, 2.24) is 0 Å². The molecule has 1 rings (SSSR count). The zero-order chi connectivity index (χ0) is 10.7. The van der Waals surface area contributed by atoms with Gasteiger partial charge >= 0.3 is 0 Å². The van der Waals surface area contributed by atoms with Crippen molar-refractivity contribution in [2.24, 2.45) is 11.7 Å². The molecule has 0 heterocycles. The third-order valence-corrected chi connectivity index (χ3v) is 2.94. The SMILES string of the molecule is CCC(C)C(N)c1cccc(Cl)c1O. The van der Waals surface area contributed by atoms with Crippen LogP contribution in [-0.2, 0) is 0 Å². The number of rotatable bonds is 3. The zero-order valence-electron chi connectivity index (χ0n) is 8.50. The molecule has 0 fully saturated rings. The van der Waals surface area contributed by atoms with Gasteiger partial charge in [-0.25, -0.2) is 0 Å². The maximum absolute atomic E-state index is 9.70. The van der Waals surface area contributed by atoms with Crippen molar-refractivity contribution in [3.63, 3.8) is 0 Å². The molecular formula is C11H16ClNO. The van der Waals surface area contributed by atoms with Crippen molar-refractivity contribution in [1.29, 1.82) is 0 Å². The largest absolute Gasteiger partial charge is 0.506 e. The van der Waals surface area contributed by atoms with E-state index >= 15 is 0 Å². The van der Waals surface area contributed by atoms with Gasteiger partial charge in [0.15, 0.2) is 0 Å². The van der Waals surface area contributed by atoms with Crippen molar-refractivity contribution in [3.8, 4) is 5.75 Å². The molecule has 0 saturated heterocycles. The van der Waals surface area contributed by atoms with E-state index in [1.807, 2.05) is 6.07 Å². The van der Waals surface area contributed by atoms with Crippen LogP contribution in [0.1, 0.15) is 31.9 Å². The van der Waals surface area contributed by atoms with Crippen LogP contribution in [0.25, 0.3) is 0 Å². The summed E-state index contributed by atoms with van der Waals surface area (Å²) in [6.07, 6.45) is 0.979. The summed E-state index contributed by atoms with van der Waals surface area (Å²) >= 11 is 5.80. The molecule has 0 bridgehead atoms. The Morgan fingerprint density at radius 2 is 2.14 bits per heavy atom. The number of hydrogen-bond donors (Lipinski definition) is 2. The highest BCUT2D eigenvalue weighted by atomic mass is 35.5. The molecule has 14 heavy (non-hydrogen) atoms. The molecule has 2 unspecified atom stereocenters. The topological polar surface area (TPSA) is 46.2 Å². The molecule has 0 aliphatic carbocycles. The maximum Gasteiger partial charge on any atom is 0.138 e. The molecule has 3 N–H and O–H groups in total. The molecule has 0 spiro atoms. The molecule has 1 aromatic rings. The van der Waals surface area contributed by atoms with Gasteiger partial charge in [-0.1, -0.05) is 44.0 Å². The minimum absolute atomic E-state index is 0.113. The third kappa shape index (κ3) is 2.20. The number of aromatic hydroxyl groups is 1. The fourth-order valence-corrected chi connectivity index (χ4v) is 1.54. The molecule has 3 heteroatoms. The zero-order valence-corrected chi connectivity index (χ0v) is 9.25. The van der Waals surface area contributed by atoms with Crippen LogP contribution in [0.15, 0.2) is 18.2 Å². The molecule has 0 aliphatic heterocycles. The summed E-state index contributed by atoms with van der Waals surface area (Å²) in [5, 5.41) is 10.1. The summed E-state index contributed by atoms with van der Waals surface area (Å²) < 4.78 is 0. The summed E-state index contributed by atoms with van der Waals surface area (Å²) in [4.78, 5) is 0. The summed E-state index contributed by atoms with van der Waals surface area (Å²) in [5.41, 5.74) is 6.73. The van der Waals surface area contributed by atoms with E-state index in [4.69, 9.17) is 17.3 Å². The van der Waals surface area contributed by atoms with Crippen LogP contribution in [0, 0.1) is 5.92 Å². The van der Waals surface area contributed by atoms with E-state index in [2.05, 4.69) is 13.8 Å². The van der Waals surface area contributed by atoms with Crippen molar-refractivity contribution in [2.75, 3.05) is 0 Å². The standard InChI is InChI=1S/C11H16ClNO/c1-3-7(2)10(13)8-5-4-6-9(12)11(8)14/h4-7,10,14H,3,13H2,1-2H3. The van der Waals surface area contributed by atoms with Gasteiger partial charge < -0.3 is 10.8 Å². The molecule has 0 radical (unpaired) electrons. The Morgan fingerprint density at radius 3 is 2.71 bits per heavy atom. The number of benzene rings is 1. The maximum atomic E-state index is 9.70. The fraction of sp³-hybridized carbons (Fsp3) is 0.455. The number of para-hydroxylation sites is 1. The Kier molecular flexibility index (Phi) is 3.78. The summed E-state index contributed by atoms with van der Waals surface area (Å²) in [5.74, 6) is 0.446. The summed E-state index contributed by atoms with van der Waals surface area (Å²) in [6.45, 7) is 4.14. The van der Waals surface area contributed by atoms with Gasteiger partial charge in [0.05, 0.1) is 5.02 Å². The van der Waals surface area contributed by atoms with Crippen LogP contribution in [0.4, 0.5) is 0 Å². The highest BCUT2D eigenvalue weighted by molar-refractivity contribution is 6.32. The monoisotopic (exact) mass is 213 g/mol. The second-order valence-corrected chi connectivity index (χ2v) is 4.00. The predicted molar refractivity (Wildman–Crippen MR) is 59.5 cm³/mol. The van der Waals surface area contributed by atoms with E-state index in [1.165, 1.54) is 0 Å². The minimum atomic E-state index is -0.154. The number of halogens is 1. The van der Waals surface area contributed by atoms with E-state index in [9.17, 15) is 5.11 Å². The van der Waals surface area contributed by atoms with Gasteiger partial charge in [0, 0.05) is 11.6 Å². The van der Waals surface area contributed by atoms with E-state index < -0.39 is 0 Å². The number of nitrogens with two attached hydrogens (primary N) is 1. The lowest BCUT2D eigenvalue weighted by atomic mass is 9.93. The van der Waals surface area contributed by atoms with Crippen LogP contribution in [0.3, 0.4) is 0 Å². The van der Waals surface area contributed by atoms with Crippen molar-refractivity contribution < 1.29 is 5.11 Å². The number of phenolic OH excluding ortho intramolecular Hbond substituents is 1. The highest BCUT2D eigenvalue weighted by Gasteiger charge is 2.17.